The summed E-state index contributed by atoms with van der Waals surface area (Å²) in [6.45, 7) is 3.87. The molecule has 0 aliphatic rings. The molecule has 0 bridgehead atoms. The number of benzene rings is 2. The van der Waals surface area contributed by atoms with Crippen LogP contribution in [0.1, 0.15) is 32.0 Å². The lowest BCUT2D eigenvalue weighted by Gasteiger charge is -2.11. The number of carbonyl (C=O) groups is 2. The zero-order chi connectivity index (χ0) is 19.4. The molecule has 0 spiro atoms. The summed E-state index contributed by atoms with van der Waals surface area (Å²) in [5.41, 5.74) is 3.07. The molecule has 6 heteroatoms. The van der Waals surface area contributed by atoms with Crippen LogP contribution in [0, 0.1) is 19.7 Å². The second-order valence-electron chi connectivity index (χ2n) is 6.07. The Morgan fingerprint density at radius 2 is 1.59 bits per heavy atom. The van der Waals surface area contributed by atoms with Crippen LogP contribution in [0.3, 0.4) is 0 Å². The topological polar surface area (TPSA) is 71.1 Å². The number of aromatic nitrogens is 1. The van der Waals surface area contributed by atoms with Crippen molar-refractivity contribution in [2.24, 2.45) is 0 Å². The Hall–Kier alpha value is -3.54. The average molecular weight is 363 g/mol. The molecule has 1 heterocycles. The summed E-state index contributed by atoms with van der Waals surface area (Å²) < 4.78 is 13.7. The van der Waals surface area contributed by atoms with Gasteiger partial charge in [-0.25, -0.2) is 4.39 Å². The van der Waals surface area contributed by atoms with Crippen molar-refractivity contribution in [2.75, 3.05) is 10.6 Å². The van der Waals surface area contributed by atoms with E-state index in [1.165, 1.54) is 36.5 Å². The van der Waals surface area contributed by atoms with Gasteiger partial charge in [0.15, 0.2) is 0 Å². The largest absolute Gasteiger partial charge is 0.320 e. The number of nitrogens with one attached hydrogen (secondary N) is 2. The lowest BCUT2D eigenvalue weighted by atomic mass is 10.1. The van der Waals surface area contributed by atoms with E-state index in [9.17, 15) is 14.0 Å². The maximum absolute atomic E-state index is 13.7. The summed E-state index contributed by atoms with van der Waals surface area (Å²) in [6, 6.07) is 14.3. The van der Waals surface area contributed by atoms with Crippen LogP contribution in [0.4, 0.5) is 15.8 Å². The molecule has 0 radical (unpaired) electrons. The summed E-state index contributed by atoms with van der Waals surface area (Å²) in [5.74, 6) is -1.49. The summed E-state index contributed by atoms with van der Waals surface area (Å²) in [5, 5.41) is 5.28. The van der Waals surface area contributed by atoms with E-state index in [-0.39, 0.29) is 16.9 Å². The molecule has 0 saturated carbocycles. The van der Waals surface area contributed by atoms with E-state index in [1.807, 2.05) is 26.0 Å². The van der Waals surface area contributed by atoms with Gasteiger partial charge in [-0.2, -0.15) is 0 Å². The molecule has 0 aliphatic carbocycles. The van der Waals surface area contributed by atoms with Crippen molar-refractivity contribution < 1.29 is 14.0 Å². The standard InChI is InChI=1S/C21H18FN3O2/c1-13-6-5-9-17(14(13)2)24-21(27)19-12-15(10-11-23-19)20(26)25-18-8-4-3-7-16(18)22/h3-12H,1-2H3,(H,24,27)(H,25,26). The third-order valence-corrected chi connectivity index (χ3v) is 4.23. The van der Waals surface area contributed by atoms with Gasteiger partial charge in [0.1, 0.15) is 11.5 Å². The lowest BCUT2D eigenvalue weighted by molar-refractivity contribution is 0.102. The number of hydrogen-bond acceptors (Lipinski definition) is 3. The minimum atomic E-state index is -0.534. The van der Waals surface area contributed by atoms with E-state index < -0.39 is 17.6 Å². The second-order valence-corrected chi connectivity index (χ2v) is 6.07. The zero-order valence-electron chi connectivity index (χ0n) is 14.9. The molecular formula is C21H18FN3O2. The number of rotatable bonds is 4. The molecule has 27 heavy (non-hydrogen) atoms. The summed E-state index contributed by atoms with van der Waals surface area (Å²) in [7, 11) is 0. The highest BCUT2D eigenvalue weighted by molar-refractivity contribution is 6.08. The van der Waals surface area contributed by atoms with Crippen LogP contribution in [-0.4, -0.2) is 16.8 Å². The molecule has 0 atom stereocenters. The van der Waals surface area contributed by atoms with E-state index in [1.54, 1.807) is 12.1 Å². The van der Waals surface area contributed by atoms with Crippen LogP contribution in [0.25, 0.3) is 0 Å². The average Bonchev–Trinajstić information content (AvgIpc) is 2.67. The quantitative estimate of drug-likeness (QED) is 0.724. The van der Waals surface area contributed by atoms with Crippen LogP contribution in [0.2, 0.25) is 0 Å². The van der Waals surface area contributed by atoms with Crippen LogP contribution < -0.4 is 10.6 Å². The number of hydrogen-bond donors (Lipinski definition) is 2. The molecule has 3 rings (SSSR count). The fourth-order valence-electron chi connectivity index (χ4n) is 2.53. The second kappa shape index (κ2) is 7.78. The van der Waals surface area contributed by atoms with Gasteiger partial charge in [0.05, 0.1) is 5.69 Å². The normalized spacial score (nSPS) is 10.3. The number of nitrogens with zero attached hydrogens (tertiary/aromatic N) is 1. The number of amides is 2. The fraction of sp³-hybridized carbons (Fsp3) is 0.0952. The molecule has 3 aromatic rings. The Bertz CT molecular complexity index is 1020. The van der Waals surface area contributed by atoms with Crippen molar-refractivity contribution in [2.45, 2.75) is 13.8 Å². The van der Waals surface area contributed by atoms with Crippen LogP contribution in [-0.2, 0) is 0 Å². The maximum atomic E-state index is 13.7. The molecule has 5 nitrogen and oxygen atoms in total. The van der Waals surface area contributed by atoms with Gasteiger partial charge < -0.3 is 10.6 Å². The summed E-state index contributed by atoms with van der Waals surface area (Å²) in [4.78, 5) is 28.9. The molecule has 2 aromatic carbocycles. The van der Waals surface area contributed by atoms with E-state index in [4.69, 9.17) is 0 Å². The Balaban J connectivity index is 1.78. The number of carbonyl (C=O) groups excluding carboxylic acids is 2. The Morgan fingerprint density at radius 1 is 0.889 bits per heavy atom. The number of anilines is 2. The van der Waals surface area contributed by atoms with E-state index in [0.717, 1.165) is 11.1 Å². The number of aryl methyl sites for hydroxylation is 1. The predicted octanol–water partition coefficient (Wildman–Crippen LogP) is 4.34. The van der Waals surface area contributed by atoms with Gasteiger partial charge in [0, 0.05) is 17.4 Å². The zero-order valence-corrected chi connectivity index (χ0v) is 14.9. The van der Waals surface area contributed by atoms with Crippen molar-refractivity contribution in [3.63, 3.8) is 0 Å². The van der Waals surface area contributed by atoms with Gasteiger partial charge in [-0.1, -0.05) is 24.3 Å². The SMILES string of the molecule is Cc1cccc(NC(=O)c2cc(C(=O)Nc3ccccc3F)ccn2)c1C. The van der Waals surface area contributed by atoms with E-state index in [2.05, 4.69) is 15.6 Å². The highest BCUT2D eigenvalue weighted by Gasteiger charge is 2.14. The van der Waals surface area contributed by atoms with Crippen LogP contribution in [0.15, 0.2) is 60.8 Å². The molecule has 2 N–H and O–H groups in total. The molecule has 0 fully saturated rings. The fourth-order valence-corrected chi connectivity index (χ4v) is 2.53. The van der Waals surface area contributed by atoms with E-state index in [0.29, 0.717) is 5.69 Å². The van der Waals surface area contributed by atoms with Gasteiger partial charge >= 0.3 is 0 Å². The molecule has 136 valence electrons. The molecular weight excluding hydrogens is 345 g/mol. The summed E-state index contributed by atoms with van der Waals surface area (Å²) in [6.07, 6.45) is 1.37. The Morgan fingerprint density at radius 3 is 2.37 bits per heavy atom. The smallest absolute Gasteiger partial charge is 0.274 e. The van der Waals surface area contributed by atoms with Gasteiger partial charge in [-0.05, 0) is 55.3 Å². The Kier molecular flexibility index (Phi) is 5.26. The minimum absolute atomic E-state index is 0.0701. The Labute approximate surface area is 156 Å². The number of pyridine rings is 1. The van der Waals surface area contributed by atoms with Gasteiger partial charge in [-0.3, -0.25) is 14.6 Å². The first-order valence-electron chi connectivity index (χ1n) is 8.35. The van der Waals surface area contributed by atoms with Crippen molar-refractivity contribution >= 4 is 23.2 Å². The van der Waals surface area contributed by atoms with Crippen molar-refractivity contribution in [1.29, 1.82) is 0 Å². The van der Waals surface area contributed by atoms with Crippen LogP contribution >= 0.6 is 0 Å². The first-order valence-corrected chi connectivity index (χ1v) is 8.35. The summed E-state index contributed by atoms with van der Waals surface area (Å²) >= 11 is 0. The third-order valence-electron chi connectivity index (χ3n) is 4.23. The molecule has 0 aliphatic heterocycles. The highest BCUT2D eigenvalue weighted by atomic mass is 19.1. The molecule has 0 unspecified atom stereocenters. The van der Waals surface area contributed by atoms with Gasteiger partial charge in [-0.15, -0.1) is 0 Å². The first-order chi connectivity index (χ1) is 13.0. The molecule has 2 amide bonds. The third kappa shape index (κ3) is 4.17. The van der Waals surface area contributed by atoms with Gasteiger partial charge in [0.25, 0.3) is 11.8 Å². The van der Waals surface area contributed by atoms with Gasteiger partial charge in [0.2, 0.25) is 0 Å². The lowest BCUT2D eigenvalue weighted by Crippen LogP contribution is -2.17. The maximum Gasteiger partial charge on any atom is 0.274 e. The molecule has 0 saturated heterocycles. The monoisotopic (exact) mass is 363 g/mol. The highest BCUT2D eigenvalue weighted by Crippen LogP contribution is 2.19. The predicted molar refractivity (Wildman–Crippen MR) is 102 cm³/mol. The molecule has 1 aromatic heterocycles. The van der Waals surface area contributed by atoms with Crippen molar-refractivity contribution in [3.05, 3.63) is 89.0 Å². The van der Waals surface area contributed by atoms with Crippen LogP contribution in [0.5, 0.6) is 0 Å². The van der Waals surface area contributed by atoms with Crippen molar-refractivity contribution in [3.8, 4) is 0 Å². The minimum Gasteiger partial charge on any atom is -0.320 e. The number of para-hydroxylation sites is 1. The number of halogens is 1. The van der Waals surface area contributed by atoms with Crippen molar-refractivity contribution in [1.82, 2.24) is 4.98 Å². The first kappa shape index (κ1) is 18.3. The van der Waals surface area contributed by atoms with E-state index >= 15 is 0 Å².